The molecule has 1 rings (SSSR count). The van der Waals surface area contributed by atoms with Crippen molar-refractivity contribution in [3.8, 4) is 5.75 Å². The standard InChI is InChI=1S/C11H12O4/c1-5-4-8(11(14)15)10(13)9(6(5)2)7(3)12/h4,13H,1-3H3,(H,14,15). The van der Waals surface area contributed by atoms with E-state index in [1.165, 1.54) is 13.0 Å². The van der Waals surface area contributed by atoms with Crippen LogP contribution in [-0.2, 0) is 0 Å². The van der Waals surface area contributed by atoms with Crippen LogP contribution in [0.5, 0.6) is 5.75 Å². The van der Waals surface area contributed by atoms with Gasteiger partial charge in [0, 0.05) is 0 Å². The highest BCUT2D eigenvalue weighted by Gasteiger charge is 2.19. The third-order valence-corrected chi connectivity index (χ3v) is 2.40. The molecular formula is C11H12O4. The summed E-state index contributed by atoms with van der Waals surface area (Å²) in [5.74, 6) is -2.02. The first-order valence-electron chi connectivity index (χ1n) is 4.43. The predicted octanol–water partition coefficient (Wildman–Crippen LogP) is 1.91. The quantitative estimate of drug-likeness (QED) is 0.728. The molecule has 4 nitrogen and oxygen atoms in total. The molecule has 0 unspecified atom stereocenters. The molecule has 2 N–H and O–H groups in total. The first-order chi connectivity index (χ1) is 6.86. The lowest BCUT2D eigenvalue weighted by Gasteiger charge is -2.10. The van der Waals surface area contributed by atoms with Crippen LogP contribution < -0.4 is 0 Å². The molecule has 0 radical (unpaired) electrons. The second-order valence-electron chi connectivity index (χ2n) is 3.45. The van der Waals surface area contributed by atoms with Crippen LogP contribution >= 0.6 is 0 Å². The number of carbonyl (C=O) groups excluding carboxylic acids is 1. The average Bonchev–Trinajstić information content (AvgIpc) is 2.10. The normalized spacial score (nSPS) is 10.1. The number of carboxylic acids is 1. The Labute approximate surface area is 87.2 Å². The van der Waals surface area contributed by atoms with E-state index in [1.807, 2.05) is 0 Å². The predicted molar refractivity (Wildman–Crippen MR) is 54.5 cm³/mol. The van der Waals surface area contributed by atoms with Crippen molar-refractivity contribution < 1.29 is 19.8 Å². The van der Waals surface area contributed by atoms with Crippen LogP contribution in [0.3, 0.4) is 0 Å². The van der Waals surface area contributed by atoms with Gasteiger partial charge in [-0.3, -0.25) is 4.79 Å². The van der Waals surface area contributed by atoms with Gasteiger partial charge in [0.25, 0.3) is 0 Å². The van der Waals surface area contributed by atoms with E-state index in [2.05, 4.69) is 0 Å². The molecule has 0 aliphatic heterocycles. The van der Waals surface area contributed by atoms with Crippen molar-refractivity contribution in [3.63, 3.8) is 0 Å². The van der Waals surface area contributed by atoms with Gasteiger partial charge in [0.05, 0.1) is 5.56 Å². The molecule has 0 aromatic heterocycles. The van der Waals surface area contributed by atoms with Crippen molar-refractivity contribution in [1.29, 1.82) is 0 Å². The molecule has 0 spiro atoms. The third-order valence-electron chi connectivity index (χ3n) is 2.40. The Morgan fingerprint density at radius 2 is 1.80 bits per heavy atom. The highest BCUT2D eigenvalue weighted by atomic mass is 16.4. The molecule has 1 aromatic rings. The molecule has 0 bridgehead atoms. The van der Waals surface area contributed by atoms with Gasteiger partial charge in [-0.05, 0) is 38.0 Å². The number of phenols is 1. The number of ketones is 1. The molecule has 0 heterocycles. The topological polar surface area (TPSA) is 74.6 Å². The van der Waals surface area contributed by atoms with E-state index >= 15 is 0 Å². The van der Waals surface area contributed by atoms with Crippen LogP contribution in [0, 0.1) is 13.8 Å². The summed E-state index contributed by atoms with van der Waals surface area (Å²) in [5, 5.41) is 18.4. The van der Waals surface area contributed by atoms with Gasteiger partial charge >= 0.3 is 5.97 Å². The van der Waals surface area contributed by atoms with Gasteiger partial charge < -0.3 is 10.2 Å². The van der Waals surface area contributed by atoms with E-state index < -0.39 is 11.7 Å². The SMILES string of the molecule is CC(=O)c1c(C)c(C)cc(C(=O)O)c1O. The Hall–Kier alpha value is -1.84. The summed E-state index contributed by atoms with van der Waals surface area (Å²) < 4.78 is 0. The number of carbonyl (C=O) groups is 2. The van der Waals surface area contributed by atoms with Crippen molar-refractivity contribution in [2.45, 2.75) is 20.8 Å². The molecule has 80 valence electrons. The maximum absolute atomic E-state index is 11.3. The highest BCUT2D eigenvalue weighted by Crippen LogP contribution is 2.28. The summed E-state index contributed by atoms with van der Waals surface area (Å²) in [7, 11) is 0. The number of hydrogen-bond acceptors (Lipinski definition) is 3. The number of aromatic carboxylic acids is 1. The number of aromatic hydroxyl groups is 1. The molecule has 0 aliphatic rings. The number of rotatable bonds is 2. The zero-order chi connectivity index (χ0) is 11.7. The van der Waals surface area contributed by atoms with Crippen molar-refractivity contribution in [2.75, 3.05) is 0 Å². The Morgan fingerprint density at radius 3 is 2.20 bits per heavy atom. The molecule has 0 aliphatic carbocycles. The van der Waals surface area contributed by atoms with Crippen molar-refractivity contribution >= 4 is 11.8 Å². The minimum atomic E-state index is -1.24. The van der Waals surface area contributed by atoms with Crippen LogP contribution in [-0.4, -0.2) is 22.0 Å². The Kier molecular flexibility index (Phi) is 2.79. The monoisotopic (exact) mass is 208 g/mol. The van der Waals surface area contributed by atoms with E-state index in [0.29, 0.717) is 11.1 Å². The fourth-order valence-electron chi connectivity index (χ4n) is 1.50. The smallest absolute Gasteiger partial charge is 0.339 e. The summed E-state index contributed by atoms with van der Waals surface area (Å²) in [6.07, 6.45) is 0. The molecule has 0 amide bonds. The van der Waals surface area contributed by atoms with Gasteiger partial charge in [-0.15, -0.1) is 0 Å². The second kappa shape index (κ2) is 3.73. The van der Waals surface area contributed by atoms with Crippen LogP contribution in [0.4, 0.5) is 0 Å². The van der Waals surface area contributed by atoms with Gasteiger partial charge in [-0.2, -0.15) is 0 Å². The van der Waals surface area contributed by atoms with Gasteiger partial charge in [0.15, 0.2) is 5.78 Å². The summed E-state index contributed by atoms with van der Waals surface area (Å²) in [6, 6.07) is 1.36. The number of aryl methyl sites for hydroxylation is 1. The molecule has 4 heteroatoms. The summed E-state index contributed by atoms with van der Waals surface area (Å²) >= 11 is 0. The van der Waals surface area contributed by atoms with Crippen LogP contribution in [0.25, 0.3) is 0 Å². The fraction of sp³-hybridized carbons (Fsp3) is 0.273. The van der Waals surface area contributed by atoms with E-state index in [-0.39, 0.29) is 16.9 Å². The zero-order valence-corrected chi connectivity index (χ0v) is 8.79. The van der Waals surface area contributed by atoms with Crippen molar-refractivity contribution in [2.24, 2.45) is 0 Å². The number of benzene rings is 1. The lowest BCUT2D eigenvalue weighted by atomic mass is 9.96. The van der Waals surface area contributed by atoms with E-state index in [1.54, 1.807) is 13.8 Å². The second-order valence-corrected chi connectivity index (χ2v) is 3.45. The van der Waals surface area contributed by atoms with Gasteiger partial charge in [-0.25, -0.2) is 4.79 Å². The van der Waals surface area contributed by atoms with Crippen LogP contribution in [0.15, 0.2) is 6.07 Å². The third kappa shape index (κ3) is 1.83. The molecule has 0 saturated carbocycles. The van der Waals surface area contributed by atoms with E-state index in [4.69, 9.17) is 5.11 Å². The van der Waals surface area contributed by atoms with Crippen LogP contribution in [0.2, 0.25) is 0 Å². The van der Waals surface area contributed by atoms with E-state index in [9.17, 15) is 14.7 Å². The van der Waals surface area contributed by atoms with Crippen molar-refractivity contribution in [3.05, 3.63) is 28.3 Å². The zero-order valence-electron chi connectivity index (χ0n) is 8.79. The first kappa shape index (κ1) is 11.2. The summed E-state index contributed by atoms with van der Waals surface area (Å²) in [6.45, 7) is 4.68. The van der Waals surface area contributed by atoms with Gasteiger partial charge in [0.1, 0.15) is 11.3 Å². The molecular weight excluding hydrogens is 196 g/mol. The Balaban J connectivity index is 3.63. The van der Waals surface area contributed by atoms with Gasteiger partial charge in [-0.1, -0.05) is 0 Å². The Morgan fingerprint density at radius 1 is 1.27 bits per heavy atom. The van der Waals surface area contributed by atoms with Crippen LogP contribution in [0.1, 0.15) is 38.8 Å². The lowest BCUT2D eigenvalue weighted by molar-refractivity contribution is 0.0693. The highest BCUT2D eigenvalue weighted by molar-refractivity contribution is 6.03. The van der Waals surface area contributed by atoms with Crippen molar-refractivity contribution in [1.82, 2.24) is 0 Å². The maximum atomic E-state index is 11.3. The molecule has 0 atom stereocenters. The van der Waals surface area contributed by atoms with E-state index in [0.717, 1.165) is 0 Å². The van der Waals surface area contributed by atoms with Gasteiger partial charge in [0.2, 0.25) is 0 Å². The summed E-state index contributed by atoms with van der Waals surface area (Å²) in [5.41, 5.74) is 1.15. The number of Topliss-reactive ketones (excluding diaryl/α,β-unsaturated/α-hetero) is 1. The molecule has 1 aromatic carbocycles. The minimum Gasteiger partial charge on any atom is -0.506 e. The molecule has 0 saturated heterocycles. The summed E-state index contributed by atoms with van der Waals surface area (Å²) in [4.78, 5) is 22.0. The fourth-order valence-corrected chi connectivity index (χ4v) is 1.50. The average molecular weight is 208 g/mol. The largest absolute Gasteiger partial charge is 0.506 e. The molecule has 0 fully saturated rings. The maximum Gasteiger partial charge on any atom is 0.339 e. The number of carboxylic acid groups (broad SMARTS) is 1. The minimum absolute atomic E-state index is 0.0902. The lowest BCUT2D eigenvalue weighted by Crippen LogP contribution is -2.06. The Bertz CT molecular complexity index is 446. The number of hydrogen-bond donors (Lipinski definition) is 2. The molecule has 15 heavy (non-hydrogen) atoms. The first-order valence-corrected chi connectivity index (χ1v) is 4.43.